The number of fused-ring (bicyclic) bond motifs is 1. The Labute approximate surface area is 73.6 Å². The van der Waals surface area contributed by atoms with Crippen LogP contribution in [0.25, 0.3) is 0 Å². The number of esters is 1. The van der Waals surface area contributed by atoms with Gasteiger partial charge in [-0.25, -0.2) is 0 Å². The van der Waals surface area contributed by atoms with Crippen LogP contribution in [0.1, 0.15) is 16.0 Å². The highest BCUT2D eigenvalue weighted by atomic mass is 16.7. The second-order valence-corrected chi connectivity index (χ2v) is 3.00. The topological polar surface area (TPSA) is 44.8 Å². The molecule has 0 radical (unpaired) electrons. The first-order valence-corrected chi connectivity index (χ1v) is 3.96. The van der Waals surface area contributed by atoms with Crippen LogP contribution in [0.4, 0.5) is 0 Å². The monoisotopic (exact) mass is 174 g/mol. The lowest BCUT2D eigenvalue weighted by Gasteiger charge is -2.13. The van der Waals surface area contributed by atoms with Gasteiger partial charge in [0.25, 0.3) is 0 Å². The smallest absolute Gasteiger partial charge is 0.302 e. The second kappa shape index (κ2) is 3.03. The van der Waals surface area contributed by atoms with Gasteiger partial charge in [0, 0.05) is 9.62 Å². The van der Waals surface area contributed by atoms with Gasteiger partial charge in [0.1, 0.15) is 6.10 Å². The zero-order valence-electron chi connectivity index (χ0n) is 8.56. The minimum Gasteiger partial charge on any atom is -0.460 e. The molecule has 12 heavy (non-hydrogen) atoms. The molecular weight excluding hydrogens is 160 g/mol. The maximum atomic E-state index is 11.0. The van der Waals surface area contributed by atoms with E-state index in [1.165, 1.54) is 0 Å². The zero-order valence-corrected chi connectivity index (χ0v) is 6.56. The maximum absolute atomic E-state index is 11.0. The Morgan fingerprint density at radius 1 is 1.67 bits per heavy atom. The average Bonchev–Trinajstić information content (AvgIpc) is 2.69. The third-order valence-electron chi connectivity index (χ3n) is 2.25. The molecule has 0 saturated carbocycles. The molecule has 2 rings (SSSR count). The molecule has 2 saturated heterocycles. The fraction of sp³-hybridized carbons (Fsp3) is 0.875. The van der Waals surface area contributed by atoms with Gasteiger partial charge in [0.15, 0.2) is 6.29 Å². The first-order chi connectivity index (χ1) is 6.68. The summed E-state index contributed by atoms with van der Waals surface area (Å²) in [5.41, 5.74) is 0. The third kappa shape index (κ3) is 1.32. The van der Waals surface area contributed by atoms with E-state index in [2.05, 4.69) is 0 Å². The van der Waals surface area contributed by atoms with Gasteiger partial charge < -0.3 is 14.2 Å². The van der Waals surface area contributed by atoms with Gasteiger partial charge in [0.05, 0.1) is 19.1 Å². The average molecular weight is 174 g/mol. The Bertz CT molecular complexity index is 233. The van der Waals surface area contributed by atoms with Crippen molar-refractivity contribution in [2.24, 2.45) is 5.92 Å². The molecule has 4 nitrogen and oxygen atoms in total. The van der Waals surface area contributed by atoms with Crippen LogP contribution < -0.4 is 0 Å². The lowest BCUT2D eigenvalue weighted by Crippen LogP contribution is -2.25. The van der Waals surface area contributed by atoms with E-state index in [9.17, 15) is 4.79 Å². The van der Waals surface area contributed by atoms with Crippen LogP contribution in [-0.4, -0.2) is 31.6 Å². The number of rotatable bonds is 1. The predicted octanol–water partition coefficient (Wildman–Crippen LogP) is 0.311. The molecule has 4 heteroatoms. The van der Waals surface area contributed by atoms with E-state index in [-0.39, 0.29) is 18.3 Å². The molecule has 3 atom stereocenters. The Kier molecular flexibility index (Phi) is 1.50. The molecule has 2 fully saturated rings. The summed E-state index contributed by atoms with van der Waals surface area (Å²) in [5, 5.41) is 0. The maximum Gasteiger partial charge on any atom is 0.302 e. The minimum atomic E-state index is -1.57. The van der Waals surface area contributed by atoms with E-state index in [0.29, 0.717) is 13.2 Å². The quantitative estimate of drug-likeness (QED) is 0.537. The summed E-state index contributed by atoms with van der Waals surface area (Å²) in [6.07, 6.45) is 0.208. The number of hydrogen-bond acceptors (Lipinski definition) is 4. The molecular formula is C8H12O4. The summed E-state index contributed by atoms with van der Waals surface area (Å²) >= 11 is 0. The fourth-order valence-corrected chi connectivity index (χ4v) is 1.70. The van der Waals surface area contributed by atoms with Crippen molar-refractivity contribution in [2.75, 3.05) is 13.2 Å². The summed E-state index contributed by atoms with van der Waals surface area (Å²) in [7, 11) is 0. The molecule has 68 valence electrons. The van der Waals surface area contributed by atoms with Crippen molar-refractivity contribution in [3.63, 3.8) is 0 Å². The molecule has 3 unspecified atom stereocenters. The van der Waals surface area contributed by atoms with Crippen LogP contribution in [0, 0.1) is 5.92 Å². The molecule has 0 aromatic carbocycles. The van der Waals surface area contributed by atoms with Gasteiger partial charge in [0.2, 0.25) is 0 Å². The predicted molar refractivity (Wildman–Crippen MR) is 39.4 cm³/mol. The highest BCUT2D eigenvalue weighted by Gasteiger charge is 2.43. The van der Waals surface area contributed by atoms with Crippen molar-refractivity contribution in [1.29, 1.82) is 0 Å². The van der Waals surface area contributed by atoms with Gasteiger partial charge in [-0.1, -0.05) is 0 Å². The lowest BCUT2D eigenvalue weighted by atomic mass is 10.0. The van der Waals surface area contributed by atoms with Crippen LogP contribution in [0.2, 0.25) is 0 Å². The van der Waals surface area contributed by atoms with E-state index in [1.807, 2.05) is 0 Å². The molecule has 0 amide bonds. The van der Waals surface area contributed by atoms with Crippen molar-refractivity contribution in [2.45, 2.75) is 25.7 Å². The Morgan fingerprint density at radius 3 is 3.42 bits per heavy atom. The second-order valence-electron chi connectivity index (χ2n) is 3.00. The summed E-state index contributed by atoms with van der Waals surface area (Å²) in [6, 6.07) is 0. The van der Waals surface area contributed by atoms with Crippen molar-refractivity contribution < 1.29 is 21.7 Å². The zero-order chi connectivity index (χ0) is 10.1. The number of carbonyl (C=O) groups is 1. The lowest BCUT2D eigenvalue weighted by molar-refractivity contribution is -0.147. The molecule has 0 spiro atoms. The number of ether oxygens (including phenoxy) is 3. The van der Waals surface area contributed by atoms with Crippen LogP contribution in [0.3, 0.4) is 0 Å². The van der Waals surface area contributed by atoms with Gasteiger partial charge in [-0.15, -0.1) is 0 Å². The molecule has 0 N–H and O–H groups in total. The van der Waals surface area contributed by atoms with Crippen LogP contribution >= 0.6 is 0 Å². The highest BCUT2D eigenvalue weighted by Crippen LogP contribution is 2.32. The van der Waals surface area contributed by atoms with Gasteiger partial charge >= 0.3 is 5.97 Å². The van der Waals surface area contributed by atoms with E-state index in [1.54, 1.807) is 0 Å². The van der Waals surface area contributed by atoms with Gasteiger partial charge in [-0.05, 0) is 6.42 Å². The first kappa shape index (κ1) is 5.94. The van der Waals surface area contributed by atoms with Crippen molar-refractivity contribution >= 4 is 5.97 Å². The minimum absolute atomic E-state index is 0.0812. The summed E-state index contributed by atoms with van der Waals surface area (Å²) < 4.78 is 29.2. The Balaban J connectivity index is 1.90. The Morgan fingerprint density at radius 2 is 2.58 bits per heavy atom. The molecule has 0 aromatic rings. The molecule has 2 heterocycles. The SMILES string of the molecule is [2H]C([2H])C(=O)OC1COC2OCCC12. The molecule has 2 aliphatic heterocycles. The van der Waals surface area contributed by atoms with E-state index < -0.39 is 12.8 Å². The third-order valence-corrected chi connectivity index (χ3v) is 2.25. The number of hydrogen-bond donors (Lipinski definition) is 0. The Hall–Kier alpha value is -0.610. The first-order valence-electron chi connectivity index (χ1n) is 5.12. The largest absolute Gasteiger partial charge is 0.460 e. The van der Waals surface area contributed by atoms with E-state index in [4.69, 9.17) is 17.0 Å². The normalized spacial score (nSPS) is 42.2. The van der Waals surface area contributed by atoms with Crippen LogP contribution in [-0.2, 0) is 19.0 Å². The summed E-state index contributed by atoms with van der Waals surface area (Å²) in [5.74, 6) is -0.733. The number of carbonyl (C=O) groups excluding carboxylic acids is 1. The molecule has 2 aliphatic rings. The molecule has 0 aromatic heterocycles. The van der Waals surface area contributed by atoms with Crippen LogP contribution in [0.15, 0.2) is 0 Å². The van der Waals surface area contributed by atoms with Crippen molar-refractivity contribution in [3.8, 4) is 0 Å². The summed E-state index contributed by atoms with van der Waals surface area (Å²) in [4.78, 5) is 11.0. The van der Waals surface area contributed by atoms with Crippen molar-refractivity contribution in [3.05, 3.63) is 0 Å². The standard InChI is InChI=1S/C8H12O4/c1-5(9)12-7-4-11-8-6(7)2-3-10-8/h6-8H,2-4H2,1H3/i1D2. The van der Waals surface area contributed by atoms with Crippen LogP contribution in [0.5, 0.6) is 0 Å². The van der Waals surface area contributed by atoms with Gasteiger partial charge in [-0.3, -0.25) is 4.79 Å². The molecule has 0 bridgehead atoms. The van der Waals surface area contributed by atoms with E-state index >= 15 is 0 Å². The highest BCUT2D eigenvalue weighted by molar-refractivity contribution is 5.66. The fourth-order valence-electron chi connectivity index (χ4n) is 1.70. The summed E-state index contributed by atoms with van der Waals surface area (Å²) in [6.45, 7) is -0.640. The molecule has 0 aliphatic carbocycles. The van der Waals surface area contributed by atoms with E-state index in [0.717, 1.165) is 6.42 Å². The van der Waals surface area contributed by atoms with Crippen molar-refractivity contribution in [1.82, 2.24) is 0 Å². The van der Waals surface area contributed by atoms with Gasteiger partial charge in [-0.2, -0.15) is 0 Å².